The normalized spacial score (nSPS) is 11.9. The number of carbonyl (C=O) groups excluding carboxylic acids is 2. The Kier molecular flexibility index (Phi) is 7.23. The first-order valence-corrected chi connectivity index (χ1v) is 7.27. The molecule has 1 rings (SSSR count). The fraction of sp³-hybridized carbons (Fsp3) is 0.467. The number of benzene rings is 1. The van der Waals surface area contributed by atoms with Gasteiger partial charge in [-0.3, -0.25) is 9.59 Å². The lowest BCUT2D eigenvalue weighted by atomic mass is 10.0. The zero-order valence-electron chi connectivity index (χ0n) is 11.5. The van der Waals surface area contributed by atoms with E-state index in [9.17, 15) is 14.0 Å². The third-order valence-electron chi connectivity index (χ3n) is 3.01. The molecule has 5 heteroatoms. The van der Waals surface area contributed by atoms with Gasteiger partial charge in [-0.15, -0.1) is 11.6 Å². The molecular weight excluding hydrogens is 281 g/mol. The van der Waals surface area contributed by atoms with E-state index in [2.05, 4.69) is 12.2 Å². The molecule has 1 N–H and O–H groups in total. The predicted molar refractivity (Wildman–Crippen MR) is 77.5 cm³/mol. The first-order valence-electron chi connectivity index (χ1n) is 6.73. The number of Topliss-reactive ketones (excluding diaryl/α,β-unsaturated/α-hetero) is 1. The van der Waals surface area contributed by atoms with Gasteiger partial charge in [0.25, 0.3) is 5.91 Å². The van der Waals surface area contributed by atoms with Gasteiger partial charge in [-0.05, 0) is 24.6 Å². The molecule has 0 unspecified atom stereocenters. The highest BCUT2D eigenvalue weighted by Gasteiger charge is 2.20. The molecule has 1 atom stereocenters. The monoisotopic (exact) mass is 299 g/mol. The molecule has 3 nitrogen and oxygen atoms in total. The number of unbranched alkanes of at least 4 members (excludes halogenated alkanes) is 2. The molecule has 0 heterocycles. The number of amides is 1. The maximum Gasteiger partial charge on any atom is 0.251 e. The minimum Gasteiger partial charge on any atom is -0.342 e. The van der Waals surface area contributed by atoms with Crippen LogP contribution in [0.25, 0.3) is 0 Å². The van der Waals surface area contributed by atoms with Crippen molar-refractivity contribution in [1.82, 2.24) is 5.32 Å². The highest BCUT2D eigenvalue weighted by molar-refractivity contribution is 6.28. The Labute approximate surface area is 123 Å². The summed E-state index contributed by atoms with van der Waals surface area (Å²) in [7, 11) is 0. The molecule has 0 saturated carbocycles. The number of alkyl halides is 1. The molecule has 0 aliphatic carbocycles. The minimum atomic E-state index is -0.602. The van der Waals surface area contributed by atoms with Gasteiger partial charge >= 0.3 is 0 Å². The highest BCUT2D eigenvalue weighted by atomic mass is 35.5. The van der Waals surface area contributed by atoms with Crippen LogP contribution < -0.4 is 5.32 Å². The second-order valence-electron chi connectivity index (χ2n) is 4.63. The molecule has 0 bridgehead atoms. The van der Waals surface area contributed by atoms with Gasteiger partial charge in [0.2, 0.25) is 0 Å². The predicted octanol–water partition coefficient (Wildman–Crippen LogP) is 3.31. The van der Waals surface area contributed by atoms with E-state index in [4.69, 9.17) is 11.6 Å². The average Bonchev–Trinajstić information content (AvgIpc) is 2.45. The summed E-state index contributed by atoms with van der Waals surface area (Å²) in [5.41, 5.74) is 0.202. The number of rotatable bonds is 8. The van der Waals surface area contributed by atoms with Crippen molar-refractivity contribution in [2.75, 3.05) is 5.88 Å². The molecule has 0 spiro atoms. The maximum absolute atomic E-state index is 13.1. The highest BCUT2D eigenvalue weighted by Crippen LogP contribution is 2.08. The second kappa shape index (κ2) is 8.69. The van der Waals surface area contributed by atoms with Crippen LogP contribution >= 0.6 is 11.6 Å². The summed E-state index contributed by atoms with van der Waals surface area (Å²) < 4.78 is 13.1. The van der Waals surface area contributed by atoms with Gasteiger partial charge in [-0.25, -0.2) is 4.39 Å². The zero-order chi connectivity index (χ0) is 15.0. The van der Waals surface area contributed by atoms with Crippen LogP contribution in [0.3, 0.4) is 0 Å². The summed E-state index contributed by atoms with van der Waals surface area (Å²) in [5, 5.41) is 2.63. The third-order valence-corrected chi connectivity index (χ3v) is 3.27. The largest absolute Gasteiger partial charge is 0.342 e. The first-order chi connectivity index (χ1) is 9.58. The Morgan fingerprint density at radius 3 is 2.70 bits per heavy atom. The van der Waals surface area contributed by atoms with Gasteiger partial charge in [0.05, 0.1) is 11.9 Å². The lowest BCUT2D eigenvalue weighted by Gasteiger charge is -2.16. The summed E-state index contributed by atoms with van der Waals surface area (Å²) in [6.07, 6.45) is 3.41. The summed E-state index contributed by atoms with van der Waals surface area (Å²) in [6.45, 7) is 2.06. The topological polar surface area (TPSA) is 46.2 Å². The molecule has 0 aliphatic rings. The van der Waals surface area contributed by atoms with Gasteiger partial charge in [0, 0.05) is 5.56 Å². The van der Waals surface area contributed by atoms with Crippen LogP contribution in [0.5, 0.6) is 0 Å². The maximum atomic E-state index is 13.1. The van der Waals surface area contributed by atoms with E-state index in [1.165, 1.54) is 18.2 Å². The average molecular weight is 300 g/mol. The van der Waals surface area contributed by atoms with Crippen molar-refractivity contribution in [3.8, 4) is 0 Å². The molecule has 0 saturated heterocycles. The van der Waals surface area contributed by atoms with Crippen molar-refractivity contribution < 1.29 is 14.0 Å². The molecule has 0 fully saturated rings. The first kappa shape index (κ1) is 16.6. The van der Waals surface area contributed by atoms with Crippen molar-refractivity contribution in [1.29, 1.82) is 0 Å². The summed E-state index contributed by atoms with van der Waals surface area (Å²) in [6, 6.07) is 4.77. The minimum absolute atomic E-state index is 0.139. The zero-order valence-corrected chi connectivity index (χ0v) is 12.3. The Morgan fingerprint density at radius 2 is 2.10 bits per heavy atom. The summed E-state index contributed by atoms with van der Waals surface area (Å²) in [4.78, 5) is 23.7. The van der Waals surface area contributed by atoms with Crippen molar-refractivity contribution >= 4 is 23.3 Å². The summed E-state index contributed by atoms with van der Waals surface area (Å²) in [5.74, 6) is -1.29. The van der Waals surface area contributed by atoms with Gasteiger partial charge in [0.1, 0.15) is 5.82 Å². The Bertz CT molecular complexity index is 465. The van der Waals surface area contributed by atoms with E-state index in [-0.39, 0.29) is 17.2 Å². The SMILES string of the molecule is CCCCC[C@H](NC(=O)c1cccc(F)c1)C(=O)CCl. The van der Waals surface area contributed by atoms with Gasteiger partial charge in [0.15, 0.2) is 5.78 Å². The molecule has 20 heavy (non-hydrogen) atoms. The number of hydrogen-bond donors (Lipinski definition) is 1. The lowest BCUT2D eigenvalue weighted by molar-refractivity contribution is -0.118. The number of halogens is 2. The molecule has 0 radical (unpaired) electrons. The standard InChI is InChI=1S/C15H19ClFNO2/c1-2-3-4-8-13(14(19)10-16)18-15(20)11-6-5-7-12(17)9-11/h5-7,9,13H,2-4,8,10H2,1H3,(H,18,20)/t13-/m0/s1. The van der Waals surface area contributed by atoms with Crippen LogP contribution in [-0.4, -0.2) is 23.6 Å². The van der Waals surface area contributed by atoms with E-state index in [1.807, 2.05) is 0 Å². The second-order valence-corrected chi connectivity index (χ2v) is 4.90. The molecule has 0 aliphatic heterocycles. The fourth-order valence-electron chi connectivity index (χ4n) is 1.88. The van der Waals surface area contributed by atoms with Crippen molar-refractivity contribution in [3.63, 3.8) is 0 Å². The Balaban J connectivity index is 2.68. The number of hydrogen-bond acceptors (Lipinski definition) is 2. The van der Waals surface area contributed by atoms with E-state index in [0.717, 1.165) is 25.3 Å². The van der Waals surface area contributed by atoms with Crippen LogP contribution in [0.15, 0.2) is 24.3 Å². The fourth-order valence-corrected chi connectivity index (χ4v) is 2.06. The number of ketones is 1. The third kappa shape index (κ3) is 5.29. The smallest absolute Gasteiger partial charge is 0.251 e. The molecule has 1 aromatic carbocycles. The quantitative estimate of drug-likeness (QED) is 0.591. The van der Waals surface area contributed by atoms with Crippen LogP contribution in [0.4, 0.5) is 4.39 Å². The molecule has 1 aromatic rings. The van der Waals surface area contributed by atoms with Crippen molar-refractivity contribution in [3.05, 3.63) is 35.6 Å². The lowest BCUT2D eigenvalue weighted by Crippen LogP contribution is -2.41. The molecule has 110 valence electrons. The van der Waals surface area contributed by atoms with Gasteiger partial charge in [-0.2, -0.15) is 0 Å². The Morgan fingerprint density at radius 1 is 1.35 bits per heavy atom. The van der Waals surface area contributed by atoms with E-state index >= 15 is 0 Å². The van der Waals surface area contributed by atoms with Gasteiger partial charge < -0.3 is 5.32 Å². The number of nitrogens with one attached hydrogen (secondary N) is 1. The molecule has 1 amide bonds. The van der Waals surface area contributed by atoms with Crippen LogP contribution in [-0.2, 0) is 4.79 Å². The van der Waals surface area contributed by atoms with Crippen molar-refractivity contribution in [2.24, 2.45) is 0 Å². The Hall–Kier alpha value is -1.42. The molecule has 0 aromatic heterocycles. The van der Waals surface area contributed by atoms with Gasteiger partial charge in [-0.1, -0.05) is 32.3 Å². The van der Waals surface area contributed by atoms with Crippen LogP contribution in [0.1, 0.15) is 43.0 Å². The van der Waals surface area contributed by atoms with E-state index < -0.39 is 17.8 Å². The van der Waals surface area contributed by atoms with E-state index in [0.29, 0.717) is 6.42 Å². The number of carbonyl (C=O) groups is 2. The van der Waals surface area contributed by atoms with Crippen LogP contribution in [0.2, 0.25) is 0 Å². The van der Waals surface area contributed by atoms with E-state index in [1.54, 1.807) is 0 Å². The summed E-state index contributed by atoms with van der Waals surface area (Å²) >= 11 is 5.55. The van der Waals surface area contributed by atoms with Crippen molar-refractivity contribution in [2.45, 2.75) is 38.6 Å². The van der Waals surface area contributed by atoms with Crippen LogP contribution in [0, 0.1) is 5.82 Å². The molecular formula is C15H19ClFNO2.